The summed E-state index contributed by atoms with van der Waals surface area (Å²) in [6.07, 6.45) is 0.858. The maximum atomic E-state index is 16.7. The SMILES string of the molecule is C[C@]12C=CC(=O)C=C1[C@@H](F)CC1C3CC[C@](O)(C(=O)S)[C@@]3(C)C[C@H](O)[C@@]12F. The molecule has 2 N–H and O–H groups in total. The monoisotopic (exact) mass is 398 g/mol. The van der Waals surface area contributed by atoms with Gasteiger partial charge in [-0.2, -0.15) is 0 Å². The van der Waals surface area contributed by atoms with E-state index in [0.717, 1.165) is 6.08 Å². The highest BCUT2D eigenvalue weighted by molar-refractivity contribution is 7.96. The van der Waals surface area contributed by atoms with Crippen molar-refractivity contribution in [2.75, 3.05) is 0 Å². The molecule has 7 heteroatoms. The number of halogens is 2. The van der Waals surface area contributed by atoms with Gasteiger partial charge in [-0.05, 0) is 56.3 Å². The fraction of sp³-hybridized carbons (Fsp3) is 0.700. The van der Waals surface area contributed by atoms with Crippen LogP contribution in [-0.2, 0) is 9.59 Å². The van der Waals surface area contributed by atoms with Gasteiger partial charge in [0, 0.05) is 16.7 Å². The van der Waals surface area contributed by atoms with Gasteiger partial charge in [0.15, 0.2) is 11.5 Å². The third kappa shape index (κ3) is 2.06. The van der Waals surface area contributed by atoms with Crippen molar-refractivity contribution in [2.45, 2.75) is 63.1 Å². The summed E-state index contributed by atoms with van der Waals surface area (Å²) in [4.78, 5) is 23.8. The van der Waals surface area contributed by atoms with Crippen LogP contribution in [0.2, 0.25) is 0 Å². The molecule has 148 valence electrons. The highest BCUT2D eigenvalue weighted by Crippen LogP contribution is 2.70. The number of aliphatic hydroxyl groups is 2. The Labute approximate surface area is 162 Å². The molecule has 0 amide bonds. The first kappa shape index (κ1) is 19.3. The number of carbonyl (C=O) groups is 2. The van der Waals surface area contributed by atoms with Gasteiger partial charge < -0.3 is 10.2 Å². The van der Waals surface area contributed by atoms with Crippen molar-refractivity contribution in [1.82, 2.24) is 0 Å². The lowest BCUT2D eigenvalue weighted by Gasteiger charge is -2.62. The standard InChI is InChI=1S/C20H24F2O4S/c1-17-5-3-10(23)7-13(17)14(21)8-12-11-4-6-19(26,16(25)27)18(11,2)9-15(24)20(12,17)22/h3,5,7,11-12,14-15,24,26H,4,6,8-9H2,1-2H3,(H,25,27)/t11?,12?,14-,15-,17-,18-,19-,20-/m0/s1. The number of rotatable bonds is 1. The van der Waals surface area contributed by atoms with E-state index in [1.807, 2.05) is 0 Å². The second-order valence-electron chi connectivity index (χ2n) is 9.06. The predicted octanol–water partition coefficient (Wildman–Crippen LogP) is 2.49. The quantitative estimate of drug-likeness (QED) is 0.594. The minimum atomic E-state index is -2.19. The third-order valence-electron chi connectivity index (χ3n) is 8.13. The van der Waals surface area contributed by atoms with Crippen molar-refractivity contribution < 1.29 is 28.6 Å². The maximum absolute atomic E-state index is 16.7. The predicted molar refractivity (Wildman–Crippen MR) is 97.6 cm³/mol. The van der Waals surface area contributed by atoms with Crippen LogP contribution in [0.3, 0.4) is 0 Å². The first-order chi connectivity index (χ1) is 12.4. The molecule has 4 aliphatic rings. The van der Waals surface area contributed by atoms with Gasteiger partial charge in [0.25, 0.3) is 0 Å². The highest BCUT2D eigenvalue weighted by atomic mass is 32.1. The van der Waals surface area contributed by atoms with Gasteiger partial charge in [-0.1, -0.05) is 13.0 Å². The Morgan fingerprint density at radius 2 is 2.00 bits per heavy atom. The summed E-state index contributed by atoms with van der Waals surface area (Å²) in [6, 6.07) is 0. The van der Waals surface area contributed by atoms with E-state index in [0.29, 0.717) is 6.42 Å². The van der Waals surface area contributed by atoms with Crippen LogP contribution in [-0.4, -0.2) is 44.7 Å². The summed E-state index contributed by atoms with van der Waals surface area (Å²) in [5.41, 5.74) is -6.43. The molecule has 0 aromatic rings. The van der Waals surface area contributed by atoms with E-state index in [9.17, 15) is 19.8 Å². The third-order valence-corrected chi connectivity index (χ3v) is 8.50. The average molecular weight is 398 g/mol. The number of fused-ring (bicyclic) bond motifs is 5. The van der Waals surface area contributed by atoms with Crippen LogP contribution < -0.4 is 0 Å². The van der Waals surface area contributed by atoms with E-state index in [-0.39, 0.29) is 24.8 Å². The topological polar surface area (TPSA) is 74.6 Å². The molecule has 2 unspecified atom stereocenters. The van der Waals surface area contributed by atoms with E-state index in [1.54, 1.807) is 6.92 Å². The van der Waals surface area contributed by atoms with Crippen LogP contribution in [0.25, 0.3) is 0 Å². The zero-order valence-corrected chi connectivity index (χ0v) is 16.2. The summed E-state index contributed by atoms with van der Waals surface area (Å²) in [5.74, 6) is -1.75. The summed E-state index contributed by atoms with van der Waals surface area (Å²) < 4.78 is 31.8. The molecule has 8 atom stereocenters. The van der Waals surface area contributed by atoms with Gasteiger partial charge in [-0.15, -0.1) is 12.6 Å². The number of hydrogen-bond acceptors (Lipinski definition) is 4. The molecule has 0 spiro atoms. The number of ketones is 1. The second kappa shape index (κ2) is 5.51. The van der Waals surface area contributed by atoms with E-state index >= 15 is 8.78 Å². The minimum absolute atomic E-state index is 0.0648. The van der Waals surface area contributed by atoms with Crippen molar-refractivity contribution in [3.63, 3.8) is 0 Å². The van der Waals surface area contributed by atoms with E-state index in [4.69, 9.17) is 0 Å². The molecule has 0 saturated heterocycles. The molecule has 4 aliphatic carbocycles. The maximum Gasteiger partial charge on any atom is 0.218 e. The summed E-state index contributed by atoms with van der Waals surface area (Å²) >= 11 is 3.84. The molecule has 0 aromatic heterocycles. The molecule has 0 aliphatic heterocycles. The van der Waals surface area contributed by atoms with Gasteiger partial charge in [0.05, 0.1) is 6.10 Å². The van der Waals surface area contributed by atoms with E-state index in [2.05, 4.69) is 12.6 Å². The molecule has 0 aromatic carbocycles. The Kier molecular flexibility index (Phi) is 3.94. The number of alkyl halides is 2. The van der Waals surface area contributed by atoms with Crippen LogP contribution >= 0.6 is 12.6 Å². The Hall–Kier alpha value is -1.05. The number of thiol groups is 1. The molecular weight excluding hydrogens is 374 g/mol. The lowest BCUT2D eigenvalue weighted by atomic mass is 9.44. The van der Waals surface area contributed by atoms with Gasteiger partial charge in [0.1, 0.15) is 11.8 Å². The molecule has 0 radical (unpaired) electrons. The van der Waals surface area contributed by atoms with Crippen LogP contribution in [0.1, 0.15) is 39.5 Å². The number of carbonyl (C=O) groups excluding carboxylic acids is 2. The van der Waals surface area contributed by atoms with Crippen LogP contribution in [0, 0.1) is 22.7 Å². The van der Waals surface area contributed by atoms with Crippen LogP contribution in [0.4, 0.5) is 8.78 Å². The summed E-state index contributed by atoms with van der Waals surface area (Å²) in [7, 11) is 0. The first-order valence-electron chi connectivity index (χ1n) is 9.34. The van der Waals surface area contributed by atoms with Crippen molar-refractivity contribution in [3.05, 3.63) is 23.8 Å². The van der Waals surface area contributed by atoms with E-state index in [1.165, 1.54) is 19.1 Å². The lowest BCUT2D eigenvalue weighted by molar-refractivity contribution is -0.219. The van der Waals surface area contributed by atoms with Gasteiger partial charge in [0.2, 0.25) is 5.12 Å². The Morgan fingerprint density at radius 1 is 1.33 bits per heavy atom. The van der Waals surface area contributed by atoms with Gasteiger partial charge in [-0.25, -0.2) is 8.78 Å². The largest absolute Gasteiger partial charge is 0.390 e. The molecular formula is C20H24F2O4S. The fourth-order valence-corrected chi connectivity index (χ4v) is 6.93. The minimum Gasteiger partial charge on any atom is -0.390 e. The summed E-state index contributed by atoms with van der Waals surface area (Å²) in [5, 5.41) is 21.2. The normalized spacial score (nSPS) is 54.0. The van der Waals surface area contributed by atoms with E-state index < -0.39 is 57.1 Å². The Balaban J connectivity index is 1.86. The zero-order chi connectivity index (χ0) is 20.0. The summed E-state index contributed by atoms with van der Waals surface area (Å²) in [6.45, 7) is 3.19. The van der Waals surface area contributed by atoms with Crippen molar-refractivity contribution >= 4 is 23.5 Å². The van der Waals surface area contributed by atoms with Crippen molar-refractivity contribution in [1.29, 1.82) is 0 Å². The molecule has 3 saturated carbocycles. The smallest absolute Gasteiger partial charge is 0.218 e. The van der Waals surface area contributed by atoms with Crippen LogP contribution in [0.15, 0.2) is 23.8 Å². The molecule has 4 rings (SSSR count). The highest BCUT2D eigenvalue weighted by Gasteiger charge is 2.75. The Morgan fingerprint density at radius 3 is 2.63 bits per heavy atom. The Bertz CT molecular complexity index is 797. The van der Waals surface area contributed by atoms with Gasteiger partial charge >= 0.3 is 0 Å². The molecule has 3 fully saturated rings. The number of allylic oxidation sites excluding steroid dienone is 4. The van der Waals surface area contributed by atoms with Gasteiger partial charge in [-0.3, -0.25) is 9.59 Å². The van der Waals surface area contributed by atoms with Crippen molar-refractivity contribution in [2.24, 2.45) is 22.7 Å². The first-order valence-corrected chi connectivity index (χ1v) is 9.78. The zero-order valence-electron chi connectivity index (χ0n) is 15.3. The fourth-order valence-electron chi connectivity index (χ4n) is 6.56. The lowest BCUT2D eigenvalue weighted by Crippen LogP contribution is -2.70. The second-order valence-corrected chi connectivity index (χ2v) is 9.47. The molecule has 0 heterocycles. The molecule has 0 bridgehead atoms. The van der Waals surface area contributed by atoms with Crippen LogP contribution in [0.5, 0.6) is 0 Å². The molecule has 27 heavy (non-hydrogen) atoms. The van der Waals surface area contributed by atoms with Crippen molar-refractivity contribution in [3.8, 4) is 0 Å². The number of aliphatic hydroxyl groups excluding tert-OH is 1. The molecule has 4 nitrogen and oxygen atoms in total. The number of hydrogen-bond donors (Lipinski definition) is 3. The average Bonchev–Trinajstić information content (AvgIpc) is 2.85.